The van der Waals surface area contributed by atoms with Crippen molar-refractivity contribution in [3.05, 3.63) is 34.3 Å². The average molecular weight is 408 g/mol. The third kappa shape index (κ3) is 5.54. The van der Waals surface area contributed by atoms with E-state index in [0.29, 0.717) is 5.92 Å². The molecule has 5 nitrogen and oxygen atoms in total. The maximum absolute atomic E-state index is 12.4. The van der Waals surface area contributed by atoms with Crippen molar-refractivity contribution in [3.63, 3.8) is 0 Å². The molecule has 0 radical (unpaired) electrons. The number of carbonyl (C=O) groups excluding carboxylic acids is 2. The van der Waals surface area contributed by atoms with Gasteiger partial charge < -0.3 is 15.5 Å². The van der Waals surface area contributed by atoms with Gasteiger partial charge in [0.15, 0.2) is 0 Å². The molecule has 0 aromatic heterocycles. The van der Waals surface area contributed by atoms with Crippen molar-refractivity contribution in [3.8, 4) is 0 Å². The lowest BCUT2D eigenvalue weighted by atomic mass is 10.0. The van der Waals surface area contributed by atoms with Crippen molar-refractivity contribution in [1.29, 1.82) is 0 Å². The Bertz CT molecular complexity index is 616. The van der Waals surface area contributed by atoms with Crippen LogP contribution in [0.2, 0.25) is 0 Å². The maximum Gasteiger partial charge on any atom is 0.222 e. The summed E-state index contributed by atoms with van der Waals surface area (Å²) in [5, 5.41) is 5.94. The predicted octanol–water partition coefficient (Wildman–Crippen LogP) is 2.62. The zero-order valence-corrected chi connectivity index (χ0v) is 16.2. The first-order valence-electron chi connectivity index (χ1n) is 9.04. The Morgan fingerprint density at radius 3 is 2.60 bits per heavy atom. The highest BCUT2D eigenvalue weighted by Gasteiger charge is 2.34. The Balaban J connectivity index is 1.49. The number of carbonyl (C=O) groups is 2. The molecular formula is C19H26BrN3O2. The van der Waals surface area contributed by atoms with E-state index in [9.17, 15) is 9.59 Å². The summed E-state index contributed by atoms with van der Waals surface area (Å²) in [5.74, 6) is 0.416. The number of hydrogen-bond donors (Lipinski definition) is 2. The number of halogens is 1. The lowest BCUT2D eigenvalue weighted by Gasteiger charge is -2.19. The molecule has 0 spiro atoms. The number of rotatable bonds is 7. The van der Waals surface area contributed by atoms with Crippen LogP contribution < -0.4 is 10.6 Å². The van der Waals surface area contributed by atoms with E-state index in [2.05, 4.69) is 31.5 Å². The van der Waals surface area contributed by atoms with Crippen LogP contribution in [0, 0.1) is 5.92 Å². The van der Waals surface area contributed by atoms with Gasteiger partial charge in [-0.1, -0.05) is 28.1 Å². The second-order valence-corrected chi connectivity index (χ2v) is 8.11. The molecule has 3 rings (SSSR count). The molecule has 2 fully saturated rings. The van der Waals surface area contributed by atoms with Crippen molar-refractivity contribution in [1.82, 2.24) is 15.5 Å². The lowest BCUT2D eigenvalue weighted by Crippen LogP contribution is -2.35. The van der Waals surface area contributed by atoms with Crippen LogP contribution in [0.1, 0.15) is 44.2 Å². The van der Waals surface area contributed by atoms with Gasteiger partial charge in [-0.05, 0) is 49.4 Å². The molecule has 136 valence electrons. The van der Waals surface area contributed by atoms with Crippen molar-refractivity contribution >= 4 is 27.7 Å². The monoisotopic (exact) mass is 407 g/mol. The summed E-state index contributed by atoms with van der Waals surface area (Å²) >= 11 is 3.41. The van der Waals surface area contributed by atoms with Gasteiger partial charge in [-0.2, -0.15) is 0 Å². The molecule has 1 aliphatic carbocycles. The van der Waals surface area contributed by atoms with E-state index in [0.717, 1.165) is 29.2 Å². The first kappa shape index (κ1) is 18.4. The Morgan fingerprint density at radius 1 is 1.24 bits per heavy atom. The van der Waals surface area contributed by atoms with Gasteiger partial charge in [0, 0.05) is 30.5 Å². The largest absolute Gasteiger partial charge is 0.356 e. The molecule has 1 aromatic carbocycles. The highest BCUT2D eigenvalue weighted by molar-refractivity contribution is 9.10. The third-order valence-corrected chi connectivity index (χ3v) is 5.54. The van der Waals surface area contributed by atoms with Crippen LogP contribution in [0.25, 0.3) is 0 Å². The van der Waals surface area contributed by atoms with Gasteiger partial charge in [0.05, 0.1) is 12.5 Å². The van der Waals surface area contributed by atoms with Crippen LogP contribution in [0.5, 0.6) is 0 Å². The van der Waals surface area contributed by atoms with Crippen molar-refractivity contribution in [2.75, 3.05) is 19.6 Å². The molecule has 6 heteroatoms. The minimum Gasteiger partial charge on any atom is -0.356 e. The highest BCUT2D eigenvalue weighted by atomic mass is 79.9. The molecule has 2 aliphatic rings. The Hall–Kier alpha value is -1.40. The van der Waals surface area contributed by atoms with Gasteiger partial charge in [0.2, 0.25) is 11.8 Å². The summed E-state index contributed by atoms with van der Waals surface area (Å²) in [6, 6.07) is 8.23. The Morgan fingerprint density at radius 2 is 1.96 bits per heavy atom. The molecule has 1 saturated heterocycles. The molecule has 1 aliphatic heterocycles. The molecule has 2 N–H and O–H groups in total. The van der Waals surface area contributed by atoms with E-state index < -0.39 is 0 Å². The molecule has 25 heavy (non-hydrogen) atoms. The van der Waals surface area contributed by atoms with Gasteiger partial charge in [0.25, 0.3) is 0 Å². The number of nitrogens with zero attached hydrogens (tertiary/aromatic N) is 1. The fraction of sp³-hybridized carbons (Fsp3) is 0.579. The summed E-state index contributed by atoms with van der Waals surface area (Å²) in [6.45, 7) is 4.48. The topological polar surface area (TPSA) is 61.4 Å². The van der Waals surface area contributed by atoms with Crippen molar-refractivity contribution in [2.45, 2.75) is 44.7 Å². The van der Waals surface area contributed by atoms with Gasteiger partial charge in [-0.15, -0.1) is 0 Å². The Labute approximate surface area is 157 Å². The summed E-state index contributed by atoms with van der Waals surface area (Å²) < 4.78 is 0.976. The summed E-state index contributed by atoms with van der Waals surface area (Å²) in [4.78, 5) is 26.4. The van der Waals surface area contributed by atoms with Gasteiger partial charge in [-0.25, -0.2) is 0 Å². The summed E-state index contributed by atoms with van der Waals surface area (Å²) in [5.41, 5.74) is 0.939. The highest BCUT2D eigenvalue weighted by Crippen LogP contribution is 2.31. The van der Waals surface area contributed by atoms with Crippen LogP contribution in [0.4, 0.5) is 0 Å². The molecule has 0 bridgehead atoms. The normalized spacial score (nSPS) is 21.8. The van der Waals surface area contributed by atoms with Crippen molar-refractivity contribution in [2.24, 2.45) is 5.92 Å². The third-order valence-electron chi connectivity index (χ3n) is 5.01. The maximum atomic E-state index is 12.4. The van der Waals surface area contributed by atoms with Crippen LogP contribution in [-0.2, 0) is 9.59 Å². The van der Waals surface area contributed by atoms with E-state index in [-0.39, 0.29) is 24.3 Å². The number of amides is 2. The Kier molecular flexibility index (Phi) is 6.12. The first-order chi connectivity index (χ1) is 12.0. The minimum atomic E-state index is -0.294. The van der Waals surface area contributed by atoms with Crippen LogP contribution in [-0.4, -0.2) is 42.4 Å². The van der Waals surface area contributed by atoms with E-state index in [4.69, 9.17) is 0 Å². The second kappa shape index (κ2) is 8.32. The molecular weight excluding hydrogens is 382 g/mol. The molecule has 2 atom stereocenters. The molecule has 2 amide bonds. The summed E-state index contributed by atoms with van der Waals surface area (Å²) in [7, 11) is 0. The van der Waals surface area contributed by atoms with Gasteiger partial charge >= 0.3 is 0 Å². The lowest BCUT2D eigenvalue weighted by molar-refractivity contribution is -0.122. The molecule has 1 aromatic rings. The fourth-order valence-electron chi connectivity index (χ4n) is 3.51. The number of likely N-dealkylation sites (tertiary alicyclic amines) is 1. The van der Waals surface area contributed by atoms with Gasteiger partial charge in [-0.3, -0.25) is 9.59 Å². The van der Waals surface area contributed by atoms with E-state index >= 15 is 0 Å². The van der Waals surface area contributed by atoms with Gasteiger partial charge in [0.1, 0.15) is 0 Å². The average Bonchev–Trinajstić information content (AvgIpc) is 3.31. The fourth-order valence-corrected chi connectivity index (χ4v) is 3.77. The standard InChI is InChI=1S/C19H26BrN3O2/c1-13(24)22-18(15-2-4-16(20)5-3-15)10-19(25)21-11-14-8-9-23(12-14)17-6-7-17/h2-5,14,17-18H,6-12H2,1H3,(H,21,25)(H,22,24). The van der Waals surface area contributed by atoms with Crippen LogP contribution in [0.15, 0.2) is 28.7 Å². The number of benzene rings is 1. The number of nitrogens with one attached hydrogen (secondary N) is 2. The molecule has 2 unspecified atom stereocenters. The smallest absolute Gasteiger partial charge is 0.222 e. The zero-order valence-electron chi connectivity index (χ0n) is 14.6. The molecule has 1 heterocycles. The van der Waals surface area contributed by atoms with Crippen molar-refractivity contribution < 1.29 is 9.59 Å². The van der Waals surface area contributed by atoms with E-state index in [1.165, 1.54) is 32.7 Å². The van der Waals surface area contributed by atoms with Crippen LogP contribution >= 0.6 is 15.9 Å². The summed E-state index contributed by atoms with van der Waals surface area (Å²) in [6.07, 6.45) is 4.11. The molecule has 1 saturated carbocycles. The van der Waals surface area contributed by atoms with E-state index in [1.54, 1.807) is 0 Å². The minimum absolute atomic E-state index is 0.00783. The quantitative estimate of drug-likeness (QED) is 0.729. The first-order valence-corrected chi connectivity index (χ1v) is 9.84. The second-order valence-electron chi connectivity index (χ2n) is 7.19. The SMILES string of the molecule is CC(=O)NC(CC(=O)NCC1CCN(C2CC2)C1)c1ccc(Br)cc1. The zero-order chi connectivity index (χ0) is 17.8. The van der Waals surface area contributed by atoms with Crippen LogP contribution in [0.3, 0.4) is 0 Å². The number of hydrogen-bond acceptors (Lipinski definition) is 3. The van der Waals surface area contributed by atoms with E-state index in [1.807, 2.05) is 24.3 Å². The predicted molar refractivity (Wildman–Crippen MR) is 101 cm³/mol.